The standard InChI is InChI=1S/C20H17ClFNO/c1-2-11-23(13-14-7-9-15(22)10-8-14)20(24)18-12-17(18)16-5-3-4-6-19(16)21/h1,3-10,17-18H,11-13H2. The third kappa shape index (κ3) is 3.60. The van der Waals surface area contributed by atoms with E-state index >= 15 is 0 Å². The molecule has 1 fully saturated rings. The number of hydrogen-bond acceptors (Lipinski definition) is 1. The maximum atomic E-state index is 13.0. The molecule has 0 aliphatic heterocycles. The molecule has 0 bridgehead atoms. The summed E-state index contributed by atoms with van der Waals surface area (Å²) in [5.74, 6) is 2.33. The lowest BCUT2D eigenvalue weighted by molar-refractivity contribution is -0.132. The zero-order valence-electron chi connectivity index (χ0n) is 13.1. The molecule has 2 unspecified atom stereocenters. The fraction of sp³-hybridized carbons (Fsp3) is 0.250. The van der Waals surface area contributed by atoms with Gasteiger partial charge in [0.05, 0.1) is 6.54 Å². The summed E-state index contributed by atoms with van der Waals surface area (Å²) >= 11 is 6.22. The molecule has 2 aromatic carbocycles. The molecule has 24 heavy (non-hydrogen) atoms. The number of carbonyl (C=O) groups excluding carboxylic acids is 1. The van der Waals surface area contributed by atoms with Gasteiger partial charge in [0.15, 0.2) is 0 Å². The molecular formula is C20H17ClFNO. The van der Waals surface area contributed by atoms with Crippen molar-refractivity contribution in [3.05, 3.63) is 70.5 Å². The lowest BCUT2D eigenvalue weighted by atomic mass is 10.1. The van der Waals surface area contributed by atoms with Gasteiger partial charge in [-0.3, -0.25) is 4.79 Å². The number of rotatable bonds is 5. The van der Waals surface area contributed by atoms with Gasteiger partial charge in [0.1, 0.15) is 5.82 Å². The quantitative estimate of drug-likeness (QED) is 0.745. The van der Waals surface area contributed by atoms with Crippen molar-refractivity contribution < 1.29 is 9.18 Å². The predicted molar refractivity (Wildman–Crippen MR) is 93.0 cm³/mol. The third-order valence-corrected chi connectivity index (χ3v) is 4.64. The smallest absolute Gasteiger partial charge is 0.227 e. The van der Waals surface area contributed by atoms with Gasteiger partial charge in [0.2, 0.25) is 5.91 Å². The van der Waals surface area contributed by atoms with Gasteiger partial charge in [-0.2, -0.15) is 0 Å². The van der Waals surface area contributed by atoms with E-state index in [0.29, 0.717) is 11.6 Å². The van der Waals surface area contributed by atoms with Crippen molar-refractivity contribution in [2.75, 3.05) is 6.54 Å². The summed E-state index contributed by atoms with van der Waals surface area (Å²) in [6, 6.07) is 13.7. The minimum absolute atomic E-state index is 0.0298. The molecule has 2 aromatic rings. The molecule has 1 amide bonds. The van der Waals surface area contributed by atoms with Gasteiger partial charge in [-0.1, -0.05) is 47.9 Å². The summed E-state index contributed by atoms with van der Waals surface area (Å²) in [6.07, 6.45) is 6.20. The van der Waals surface area contributed by atoms with Gasteiger partial charge >= 0.3 is 0 Å². The van der Waals surface area contributed by atoms with E-state index in [4.69, 9.17) is 18.0 Å². The Labute approximate surface area is 146 Å². The van der Waals surface area contributed by atoms with E-state index in [-0.39, 0.29) is 30.1 Å². The van der Waals surface area contributed by atoms with Crippen molar-refractivity contribution in [1.82, 2.24) is 4.90 Å². The molecule has 0 radical (unpaired) electrons. The summed E-state index contributed by atoms with van der Waals surface area (Å²) in [6.45, 7) is 0.622. The summed E-state index contributed by atoms with van der Waals surface area (Å²) in [5.41, 5.74) is 1.87. The molecule has 2 nitrogen and oxygen atoms in total. The molecule has 0 aromatic heterocycles. The zero-order chi connectivity index (χ0) is 17.1. The lowest BCUT2D eigenvalue weighted by Gasteiger charge is -2.20. The van der Waals surface area contributed by atoms with Crippen LogP contribution >= 0.6 is 11.6 Å². The Morgan fingerprint density at radius 1 is 1.25 bits per heavy atom. The number of terminal acetylenes is 1. The van der Waals surface area contributed by atoms with Gasteiger partial charge < -0.3 is 4.90 Å². The van der Waals surface area contributed by atoms with E-state index < -0.39 is 0 Å². The second-order valence-electron chi connectivity index (χ2n) is 6.00. The van der Waals surface area contributed by atoms with Crippen molar-refractivity contribution in [2.45, 2.75) is 18.9 Å². The SMILES string of the molecule is C#CCN(Cc1ccc(F)cc1)C(=O)C1CC1c1ccccc1Cl. The molecule has 1 aliphatic rings. The minimum atomic E-state index is -0.297. The maximum absolute atomic E-state index is 13.0. The first-order chi connectivity index (χ1) is 11.6. The largest absolute Gasteiger partial charge is 0.327 e. The molecular weight excluding hydrogens is 325 g/mol. The van der Waals surface area contributed by atoms with E-state index in [1.165, 1.54) is 12.1 Å². The van der Waals surface area contributed by atoms with Gasteiger partial charge in [-0.05, 0) is 41.7 Å². The molecule has 1 saturated carbocycles. The van der Waals surface area contributed by atoms with Crippen molar-refractivity contribution in [2.24, 2.45) is 5.92 Å². The number of halogens is 2. The number of hydrogen-bond donors (Lipinski definition) is 0. The number of carbonyl (C=O) groups is 1. The topological polar surface area (TPSA) is 20.3 Å². The summed E-state index contributed by atoms with van der Waals surface area (Å²) in [7, 11) is 0. The van der Waals surface area contributed by atoms with Crippen LogP contribution < -0.4 is 0 Å². The molecule has 0 heterocycles. The Balaban J connectivity index is 1.71. The van der Waals surface area contributed by atoms with Gasteiger partial charge in [-0.25, -0.2) is 4.39 Å². The van der Waals surface area contributed by atoms with Crippen molar-refractivity contribution >= 4 is 17.5 Å². The monoisotopic (exact) mass is 341 g/mol. The second kappa shape index (κ2) is 7.07. The average molecular weight is 342 g/mol. The first-order valence-electron chi connectivity index (χ1n) is 7.81. The van der Waals surface area contributed by atoms with Crippen LogP contribution in [0.15, 0.2) is 48.5 Å². The van der Waals surface area contributed by atoms with Gasteiger partial charge in [0.25, 0.3) is 0 Å². The molecule has 0 N–H and O–H groups in total. The Morgan fingerprint density at radius 3 is 2.62 bits per heavy atom. The lowest BCUT2D eigenvalue weighted by Crippen LogP contribution is -2.32. The molecule has 1 aliphatic carbocycles. The molecule has 3 rings (SSSR count). The Kier molecular flexibility index (Phi) is 4.87. The fourth-order valence-corrected chi connectivity index (χ4v) is 3.23. The highest BCUT2D eigenvalue weighted by atomic mass is 35.5. The van der Waals surface area contributed by atoms with E-state index in [1.807, 2.05) is 24.3 Å². The average Bonchev–Trinajstić information content (AvgIpc) is 3.36. The molecule has 4 heteroatoms. The summed E-state index contributed by atoms with van der Waals surface area (Å²) in [5, 5.41) is 0.694. The Bertz CT molecular complexity index is 781. The number of amides is 1. The second-order valence-corrected chi connectivity index (χ2v) is 6.40. The van der Waals surface area contributed by atoms with Crippen molar-refractivity contribution in [3.8, 4) is 12.3 Å². The highest BCUT2D eigenvalue weighted by Gasteiger charge is 2.46. The van der Waals surface area contributed by atoms with E-state index in [9.17, 15) is 9.18 Å². The normalized spacial score (nSPS) is 18.7. The van der Waals surface area contributed by atoms with Crippen molar-refractivity contribution in [3.63, 3.8) is 0 Å². The molecule has 0 spiro atoms. The first kappa shape index (κ1) is 16.5. The summed E-state index contributed by atoms with van der Waals surface area (Å²) in [4.78, 5) is 14.4. The predicted octanol–water partition coefficient (Wildman–Crippen LogP) is 4.24. The number of benzene rings is 2. The first-order valence-corrected chi connectivity index (χ1v) is 8.19. The van der Waals surface area contributed by atoms with Gasteiger partial charge in [0, 0.05) is 17.5 Å². The van der Waals surface area contributed by atoms with Crippen LogP contribution in [0.2, 0.25) is 5.02 Å². The Morgan fingerprint density at radius 2 is 1.96 bits per heavy atom. The van der Waals surface area contributed by atoms with Crippen LogP contribution in [-0.2, 0) is 11.3 Å². The Hall–Kier alpha value is -2.31. The van der Waals surface area contributed by atoms with Crippen LogP contribution in [0.5, 0.6) is 0 Å². The molecule has 122 valence electrons. The molecule has 2 atom stereocenters. The maximum Gasteiger partial charge on any atom is 0.227 e. The van der Waals surface area contributed by atoms with E-state index in [0.717, 1.165) is 17.5 Å². The van der Waals surface area contributed by atoms with Crippen molar-refractivity contribution in [1.29, 1.82) is 0 Å². The van der Waals surface area contributed by atoms with Gasteiger partial charge in [-0.15, -0.1) is 6.42 Å². The van der Waals surface area contributed by atoms with E-state index in [1.54, 1.807) is 17.0 Å². The van der Waals surface area contributed by atoms with Crippen LogP contribution in [-0.4, -0.2) is 17.4 Å². The van der Waals surface area contributed by atoms with Crippen LogP contribution in [0.1, 0.15) is 23.5 Å². The van der Waals surface area contributed by atoms with Crippen LogP contribution in [0.25, 0.3) is 0 Å². The third-order valence-electron chi connectivity index (χ3n) is 4.29. The van der Waals surface area contributed by atoms with E-state index in [2.05, 4.69) is 5.92 Å². The van der Waals surface area contributed by atoms with Crippen LogP contribution in [0.4, 0.5) is 4.39 Å². The zero-order valence-corrected chi connectivity index (χ0v) is 13.8. The van der Waals surface area contributed by atoms with Crippen LogP contribution in [0.3, 0.4) is 0 Å². The minimum Gasteiger partial charge on any atom is -0.327 e. The fourth-order valence-electron chi connectivity index (χ4n) is 2.95. The van der Waals surface area contributed by atoms with Crippen LogP contribution in [0, 0.1) is 24.1 Å². The summed E-state index contributed by atoms with van der Waals surface area (Å²) < 4.78 is 13.0. The number of nitrogens with zero attached hydrogens (tertiary/aromatic N) is 1. The highest BCUT2D eigenvalue weighted by molar-refractivity contribution is 6.31. The molecule has 0 saturated heterocycles. The highest BCUT2D eigenvalue weighted by Crippen LogP contribution is 2.50.